The van der Waals surface area contributed by atoms with Gasteiger partial charge >= 0.3 is 0 Å². The lowest BCUT2D eigenvalue weighted by molar-refractivity contribution is -0.140. The summed E-state index contributed by atoms with van der Waals surface area (Å²) >= 11 is 1.56. The third-order valence-electron chi connectivity index (χ3n) is 8.19. The highest BCUT2D eigenvalue weighted by Crippen LogP contribution is 2.38. The highest BCUT2D eigenvalue weighted by Gasteiger charge is 2.40. The normalized spacial score (nSPS) is 19.7. The summed E-state index contributed by atoms with van der Waals surface area (Å²) in [7, 11) is 1.74. The van der Waals surface area contributed by atoms with Gasteiger partial charge in [-0.3, -0.25) is 9.59 Å². The molecule has 2 saturated heterocycles. The molecule has 2 amide bonds. The van der Waals surface area contributed by atoms with E-state index in [-0.39, 0.29) is 23.8 Å². The molecule has 0 bridgehead atoms. The Morgan fingerprint density at radius 1 is 1.15 bits per heavy atom. The van der Waals surface area contributed by atoms with Crippen LogP contribution in [0.1, 0.15) is 49.2 Å². The molecule has 1 aromatic heterocycles. The summed E-state index contributed by atoms with van der Waals surface area (Å²) in [5.41, 5.74) is 5.18. The molecule has 11 nitrogen and oxygen atoms in total. The molecular weight excluding hydrogens is 540 g/mol. The zero-order valence-electron chi connectivity index (χ0n) is 23.4. The molecular formula is C29H38N8O3S. The zero-order chi connectivity index (χ0) is 28.9. The molecule has 3 aromatic rings. The number of amides is 2. The van der Waals surface area contributed by atoms with E-state index in [0.717, 1.165) is 58.3 Å². The third kappa shape index (κ3) is 5.91. The standard InChI is InChI=1S/C29H38N8O3S/c1-17(32-2)27(38)34-25(18-11-14-40-15-12-18)29(39)37-13-5-8-24(37)28-33-23(16-41-28)21-9-10-22(26(35-30)36-31)20-7-4-3-6-19(20)21/h3-4,6-7,9-10,16-18,24-25,32H,5,8,11-15,30-31H2,1-2H3,(H,34,38)(H,35,36)/t17-,24-,25-/m0/s1. The summed E-state index contributed by atoms with van der Waals surface area (Å²) in [6.07, 6.45) is 3.20. The number of hydrazone groups is 1. The topological polar surface area (TPSA) is 160 Å². The van der Waals surface area contributed by atoms with Gasteiger partial charge in [0.25, 0.3) is 0 Å². The number of likely N-dealkylation sites (N-methyl/N-ethyl adjacent to an activating group) is 1. The first-order chi connectivity index (χ1) is 20.0. The van der Waals surface area contributed by atoms with Gasteiger partial charge in [-0.25, -0.2) is 10.8 Å². The minimum atomic E-state index is -0.590. The quantitative estimate of drug-likeness (QED) is 0.118. The molecule has 2 aromatic carbocycles. The van der Waals surface area contributed by atoms with Crippen molar-refractivity contribution in [2.45, 2.75) is 50.7 Å². The molecule has 2 aliphatic rings. The van der Waals surface area contributed by atoms with Crippen LogP contribution in [0.5, 0.6) is 0 Å². The van der Waals surface area contributed by atoms with Gasteiger partial charge < -0.3 is 31.5 Å². The molecule has 3 heterocycles. The number of thiazole rings is 1. The van der Waals surface area contributed by atoms with Crippen LogP contribution in [-0.2, 0) is 14.3 Å². The van der Waals surface area contributed by atoms with Crippen molar-refractivity contribution in [1.29, 1.82) is 0 Å². The molecule has 0 saturated carbocycles. The maximum atomic E-state index is 14.1. The highest BCUT2D eigenvalue weighted by atomic mass is 32.1. The van der Waals surface area contributed by atoms with Crippen molar-refractivity contribution in [1.82, 2.24) is 25.9 Å². The smallest absolute Gasteiger partial charge is 0.246 e. The van der Waals surface area contributed by atoms with Gasteiger partial charge in [-0.15, -0.1) is 11.3 Å². The average molecular weight is 579 g/mol. The Morgan fingerprint density at radius 2 is 1.90 bits per heavy atom. The number of aromatic nitrogens is 1. The molecule has 2 fully saturated rings. The lowest BCUT2D eigenvalue weighted by Crippen LogP contribution is -2.56. The highest BCUT2D eigenvalue weighted by molar-refractivity contribution is 7.10. The minimum Gasteiger partial charge on any atom is -0.381 e. The number of nitrogens with one attached hydrogen (secondary N) is 3. The third-order valence-corrected chi connectivity index (χ3v) is 9.14. The summed E-state index contributed by atoms with van der Waals surface area (Å²) < 4.78 is 5.55. The number of rotatable bonds is 8. The molecule has 0 unspecified atom stereocenters. The van der Waals surface area contributed by atoms with Crippen LogP contribution in [0.25, 0.3) is 22.0 Å². The second kappa shape index (κ2) is 12.9. The number of benzene rings is 2. The number of carbonyl (C=O) groups is 2. The van der Waals surface area contributed by atoms with Crippen molar-refractivity contribution in [3.8, 4) is 11.3 Å². The van der Waals surface area contributed by atoms with E-state index in [0.29, 0.717) is 25.6 Å². The second-order valence-corrected chi connectivity index (χ2v) is 11.4. The van der Waals surface area contributed by atoms with E-state index >= 15 is 0 Å². The molecule has 0 radical (unpaired) electrons. The van der Waals surface area contributed by atoms with Crippen LogP contribution in [0.3, 0.4) is 0 Å². The monoisotopic (exact) mass is 578 g/mol. The Labute approximate surface area is 243 Å². The number of likely N-dealkylation sites (tertiary alicyclic amines) is 1. The first-order valence-corrected chi connectivity index (χ1v) is 14.9. The molecule has 7 N–H and O–H groups in total. The molecule has 0 aliphatic carbocycles. The summed E-state index contributed by atoms with van der Waals surface area (Å²) in [5, 5.41) is 14.7. The molecule has 12 heteroatoms. The first kappa shape index (κ1) is 28.9. The van der Waals surface area contributed by atoms with Gasteiger partial charge in [0.2, 0.25) is 11.8 Å². The number of hydrazine groups is 1. The van der Waals surface area contributed by atoms with Crippen LogP contribution in [0.15, 0.2) is 46.9 Å². The Morgan fingerprint density at radius 3 is 2.61 bits per heavy atom. The molecule has 2 aliphatic heterocycles. The SMILES string of the molecule is CN[C@@H](C)C(=O)N[C@H](C(=O)N1CCC[C@H]1c1nc(-c2ccc(/C(=N/N)NN)c3ccccc23)cs1)C1CCOCC1. The summed E-state index contributed by atoms with van der Waals surface area (Å²) in [5.74, 6) is 11.4. The van der Waals surface area contributed by atoms with Gasteiger partial charge in [0.05, 0.1) is 17.8 Å². The molecule has 3 atom stereocenters. The van der Waals surface area contributed by atoms with Crippen LogP contribution in [0.2, 0.25) is 0 Å². The van der Waals surface area contributed by atoms with Gasteiger partial charge in [-0.05, 0) is 62.4 Å². The average Bonchev–Trinajstić information content (AvgIpc) is 3.70. The fraction of sp³-hybridized carbons (Fsp3) is 0.448. The van der Waals surface area contributed by atoms with Crippen molar-refractivity contribution < 1.29 is 14.3 Å². The van der Waals surface area contributed by atoms with Gasteiger partial charge in [0.15, 0.2) is 5.84 Å². The molecule has 41 heavy (non-hydrogen) atoms. The van der Waals surface area contributed by atoms with Gasteiger partial charge in [-0.1, -0.05) is 30.3 Å². The second-order valence-electron chi connectivity index (χ2n) is 10.5. The van der Waals surface area contributed by atoms with Crippen LogP contribution in [-0.4, -0.2) is 66.4 Å². The largest absolute Gasteiger partial charge is 0.381 e. The number of carbonyl (C=O) groups excluding carboxylic acids is 2. The number of hydrogen-bond acceptors (Lipinski definition) is 9. The fourth-order valence-electron chi connectivity index (χ4n) is 5.78. The van der Waals surface area contributed by atoms with Crippen molar-refractivity contribution in [3.63, 3.8) is 0 Å². The van der Waals surface area contributed by atoms with Crippen LogP contribution in [0, 0.1) is 5.92 Å². The van der Waals surface area contributed by atoms with E-state index in [4.69, 9.17) is 21.4 Å². The number of amidine groups is 1. The van der Waals surface area contributed by atoms with Crippen LogP contribution >= 0.6 is 11.3 Å². The summed E-state index contributed by atoms with van der Waals surface area (Å²) in [6, 6.07) is 10.8. The Bertz CT molecular complexity index is 1420. The predicted octanol–water partition coefficient (Wildman–Crippen LogP) is 2.23. The summed E-state index contributed by atoms with van der Waals surface area (Å²) in [4.78, 5) is 33.9. The Hall–Kier alpha value is -3.58. The van der Waals surface area contributed by atoms with Crippen molar-refractivity contribution >= 4 is 39.8 Å². The van der Waals surface area contributed by atoms with Gasteiger partial charge in [0, 0.05) is 36.3 Å². The predicted molar refractivity (Wildman–Crippen MR) is 161 cm³/mol. The maximum Gasteiger partial charge on any atom is 0.246 e. The van der Waals surface area contributed by atoms with E-state index < -0.39 is 12.1 Å². The fourth-order valence-corrected chi connectivity index (χ4v) is 6.75. The lowest BCUT2D eigenvalue weighted by atomic mass is 9.90. The Balaban J connectivity index is 1.43. The number of ether oxygens (including phenoxy) is 1. The van der Waals surface area contributed by atoms with Crippen molar-refractivity contribution in [2.24, 2.45) is 22.7 Å². The molecule has 0 spiro atoms. The number of nitrogens with zero attached hydrogens (tertiary/aromatic N) is 3. The Kier molecular flexibility index (Phi) is 9.13. The van der Waals surface area contributed by atoms with Crippen molar-refractivity contribution in [2.75, 3.05) is 26.8 Å². The lowest BCUT2D eigenvalue weighted by Gasteiger charge is -2.35. The van der Waals surface area contributed by atoms with Gasteiger partial charge in [-0.2, -0.15) is 5.10 Å². The molecule has 5 rings (SSSR count). The number of nitrogens with two attached hydrogens (primary N) is 2. The summed E-state index contributed by atoms with van der Waals surface area (Å²) in [6.45, 7) is 3.62. The maximum absolute atomic E-state index is 14.1. The van der Waals surface area contributed by atoms with E-state index in [1.54, 1.807) is 25.3 Å². The zero-order valence-corrected chi connectivity index (χ0v) is 24.2. The molecule has 218 valence electrons. The van der Waals surface area contributed by atoms with E-state index in [9.17, 15) is 9.59 Å². The number of hydrogen-bond donors (Lipinski definition) is 5. The van der Waals surface area contributed by atoms with Crippen LogP contribution in [0.4, 0.5) is 0 Å². The minimum absolute atomic E-state index is 0.0344. The van der Waals surface area contributed by atoms with Crippen LogP contribution < -0.4 is 27.7 Å². The number of fused-ring (bicyclic) bond motifs is 1. The van der Waals surface area contributed by atoms with E-state index in [1.807, 2.05) is 46.7 Å². The van der Waals surface area contributed by atoms with Crippen molar-refractivity contribution in [3.05, 3.63) is 52.3 Å². The van der Waals surface area contributed by atoms with Gasteiger partial charge in [0.1, 0.15) is 11.0 Å². The van der Waals surface area contributed by atoms with E-state index in [2.05, 4.69) is 21.2 Å². The van der Waals surface area contributed by atoms with E-state index in [1.165, 1.54) is 0 Å². The first-order valence-electron chi connectivity index (χ1n) is 14.0.